The Kier molecular flexibility index (Phi) is 4.77. The predicted octanol–water partition coefficient (Wildman–Crippen LogP) is 1.77. The summed E-state index contributed by atoms with van der Waals surface area (Å²) in [4.78, 5) is 4.08. The van der Waals surface area contributed by atoms with Crippen LogP contribution in [0.1, 0.15) is 12.5 Å². The third-order valence-corrected chi connectivity index (χ3v) is 4.05. The van der Waals surface area contributed by atoms with Gasteiger partial charge in [-0.1, -0.05) is 12.1 Å². The molecule has 0 saturated heterocycles. The van der Waals surface area contributed by atoms with Gasteiger partial charge in [0.25, 0.3) is 10.0 Å². The summed E-state index contributed by atoms with van der Waals surface area (Å²) in [6, 6.07) is 9.28. The Hall–Kier alpha value is -2.12. The minimum atomic E-state index is -3.71. The summed E-state index contributed by atoms with van der Waals surface area (Å²) in [5.74, 6) is 0.433. The molecular weight excluding hydrogens is 292 g/mol. The minimum Gasteiger partial charge on any atom is -0.478 e. The highest BCUT2D eigenvalue weighted by molar-refractivity contribution is 7.92. The van der Waals surface area contributed by atoms with E-state index >= 15 is 0 Å². The first-order chi connectivity index (χ1) is 10.0. The molecule has 0 unspecified atom stereocenters. The van der Waals surface area contributed by atoms with Crippen LogP contribution >= 0.6 is 0 Å². The van der Waals surface area contributed by atoms with Gasteiger partial charge in [-0.2, -0.15) is 0 Å². The number of rotatable bonds is 6. The first-order valence-corrected chi connectivity index (χ1v) is 7.85. The summed E-state index contributed by atoms with van der Waals surface area (Å²) in [5, 5.41) is 9.06. The normalized spacial score (nSPS) is 11.1. The van der Waals surface area contributed by atoms with Gasteiger partial charge in [-0.3, -0.25) is 4.72 Å². The van der Waals surface area contributed by atoms with Crippen molar-refractivity contribution < 1.29 is 18.3 Å². The molecule has 0 bridgehead atoms. The largest absolute Gasteiger partial charge is 0.478 e. The van der Waals surface area contributed by atoms with E-state index in [9.17, 15) is 8.42 Å². The lowest BCUT2D eigenvalue weighted by molar-refractivity contribution is 0.281. The molecule has 6 nitrogen and oxygen atoms in total. The number of aromatic nitrogens is 1. The Balaban J connectivity index is 2.20. The second kappa shape index (κ2) is 6.55. The standard InChI is InChI=1S/C14H16N2O4S/c1-2-20-14-7-6-12(9-15-14)16-21(18,19)13-5-3-4-11(8-13)10-17/h3-9,16-17H,2,10H2,1H3. The van der Waals surface area contributed by atoms with Crippen LogP contribution in [0, 0.1) is 0 Å². The van der Waals surface area contributed by atoms with Crippen molar-refractivity contribution in [3.05, 3.63) is 48.2 Å². The van der Waals surface area contributed by atoms with Gasteiger partial charge in [0.1, 0.15) is 0 Å². The number of nitrogens with zero attached hydrogens (tertiary/aromatic N) is 1. The molecule has 0 saturated carbocycles. The van der Waals surface area contributed by atoms with Crippen molar-refractivity contribution in [2.24, 2.45) is 0 Å². The predicted molar refractivity (Wildman–Crippen MR) is 78.6 cm³/mol. The van der Waals surface area contributed by atoms with Crippen LogP contribution in [-0.2, 0) is 16.6 Å². The van der Waals surface area contributed by atoms with Gasteiger partial charge in [0.15, 0.2) is 0 Å². The van der Waals surface area contributed by atoms with Crippen LogP contribution < -0.4 is 9.46 Å². The Labute approximate surface area is 123 Å². The topological polar surface area (TPSA) is 88.5 Å². The van der Waals surface area contributed by atoms with Gasteiger partial charge in [-0.05, 0) is 30.7 Å². The number of ether oxygens (including phenoxy) is 1. The lowest BCUT2D eigenvalue weighted by atomic mass is 10.2. The lowest BCUT2D eigenvalue weighted by Gasteiger charge is -2.09. The molecule has 2 rings (SSSR count). The van der Waals surface area contributed by atoms with Crippen molar-refractivity contribution in [2.45, 2.75) is 18.4 Å². The van der Waals surface area contributed by atoms with Gasteiger partial charge >= 0.3 is 0 Å². The first kappa shape index (κ1) is 15.3. The monoisotopic (exact) mass is 308 g/mol. The molecule has 0 aliphatic carbocycles. The second-order valence-electron chi connectivity index (χ2n) is 4.23. The molecule has 112 valence electrons. The molecule has 0 aliphatic heterocycles. The van der Waals surface area contributed by atoms with Crippen molar-refractivity contribution >= 4 is 15.7 Å². The van der Waals surface area contributed by atoms with E-state index in [1.54, 1.807) is 24.3 Å². The molecular formula is C14H16N2O4S. The van der Waals surface area contributed by atoms with E-state index in [-0.39, 0.29) is 11.5 Å². The van der Waals surface area contributed by atoms with Crippen molar-refractivity contribution in [3.8, 4) is 5.88 Å². The summed E-state index contributed by atoms with van der Waals surface area (Å²) in [5.41, 5.74) is 0.871. The number of aliphatic hydroxyl groups excluding tert-OH is 1. The highest BCUT2D eigenvalue weighted by Gasteiger charge is 2.14. The fraction of sp³-hybridized carbons (Fsp3) is 0.214. The van der Waals surface area contributed by atoms with E-state index in [2.05, 4.69) is 9.71 Å². The average molecular weight is 308 g/mol. The molecule has 0 spiro atoms. The molecule has 1 heterocycles. The number of hydrogen-bond donors (Lipinski definition) is 2. The number of pyridine rings is 1. The number of benzene rings is 1. The molecule has 0 amide bonds. The summed E-state index contributed by atoms with van der Waals surface area (Å²) < 4.78 is 32.1. The average Bonchev–Trinajstić information content (AvgIpc) is 2.49. The molecule has 21 heavy (non-hydrogen) atoms. The van der Waals surface area contributed by atoms with Crippen LogP contribution in [0.4, 0.5) is 5.69 Å². The van der Waals surface area contributed by atoms with E-state index in [1.807, 2.05) is 6.92 Å². The summed E-state index contributed by atoms with van der Waals surface area (Å²) >= 11 is 0. The minimum absolute atomic E-state index is 0.0861. The third kappa shape index (κ3) is 3.93. The maximum atomic E-state index is 12.2. The highest BCUT2D eigenvalue weighted by Crippen LogP contribution is 2.18. The fourth-order valence-electron chi connectivity index (χ4n) is 1.70. The maximum Gasteiger partial charge on any atom is 0.261 e. The molecule has 0 fully saturated rings. The lowest BCUT2D eigenvalue weighted by Crippen LogP contribution is -2.13. The molecule has 2 N–H and O–H groups in total. The van der Waals surface area contributed by atoms with Gasteiger partial charge in [0, 0.05) is 6.07 Å². The summed E-state index contributed by atoms with van der Waals surface area (Å²) in [7, 11) is -3.71. The Morgan fingerprint density at radius 3 is 2.71 bits per heavy atom. The van der Waals surface area contributed by atoms with Crippen LogP contribution in [0.2, 0.25) is 0 Å². The zero-order valence-electron chi connectivity index (χ0n) is 11.5. The van der Waals surface area contributed by atoms with Crippen molar-refractivity contribution in [3.63, 3.8) is 0 Å². The number of aliphatic hydroxyl groups is 1. The van der Waals surface area contributed by atoms with Gasteiger partial charge in [-0.15, -0.1) is 0 Å². The maximum absolute atomic E-state index is 12.2. The van der Waals surface area contributed by atoms with Crippen LogP contribution in [0.25, 0.3) is 0 Å². The highest BCUT2D eigenvalue weighted by atomic mass is 32.2. The number of sulfonamides is 1. The van der Waals surface area contributed by atoms with E-state index in [1.165, 1.54) is 18.3 Å². The van der Waals surface area contributed by atoms with E-state index in [4.69, 9.17) is 9.84 Å². The van der Waals surface area contributed by atoms with Gasteiger partial charge < -0.3 is 9.84 Å². The fourth-order valence-corrected chi connectivity index (χ4v) is 2.81. The molecule has 2 aromatic rings. The zero-order valence-corrected chi connectivity index (χ0v) is 12.3. The van der Waals surface area contributed by atoms with Gasteiger partial charge in [0.05, 0.1) is 30.0 Å². The smallest absolute Gasteiger partial charge is 0.261 e. The molecule has 0 atom stereocenters. The van der Waals surface area contributed by atoms with E-state index in [0.29, 0.717) is 23.7 Å². The van der Waals surface area contributed by atoms with Crippen molar-refractivity contribution in [1.82, 2.24) is 4.98 Å². The SMILES string of the molecule is CCOc1ccc(NS(=O)(=O)c2cccc(CO)c2)cn1. The summed E-state index contributed by atoms with van der Waals surface area (Å²) in [6.07, 6.45) is 1.39. The van der Waals surface area contributed by atoms with Crippen LogP contribution in [0.15, 0.2) is 47.5 Å². The number of nitrogens with one attached hydrogen (secondary N) is 1. The molecule has 0 radical (unpaired) electrons. The third-order valence-electron chi connectivity index (χ3n) is 2.67. The van der Waals surface area contributed by atoms with Gasteiger partial charge in [0.2, 0.25) is 5.88 Å². The van der Waals surface area contributed by atoms with Gasteiger partial charge in [-0.25, -0.2) is 13.4 Å². The van der Waals surface area contributed by atoms with E-state index in [0.717, 1.165) is 0 Å². The van der Waals surface area contributed by atoms with E-state index < -0.39 is 10.0 Å². The number of anilines is 1. The van der Waals surface area contributed by atoms with Crippen LogP contribution in [-0.4, -0.2) is 25.1 Å². The summed E-state index contributed by atoms with van der Waals surface area (Å²) in [6.45, 7) is 2.12. The molecule has 1 aromatic heterocycles. The van der Waals surface area contributed by atoms with Crippen molar-refractivity contribution in [2.75, 3.05) is 11.3 Å². The quantitative estimate of drug-likeness (QED) is 0.849. The first-order valence-electron chi connectivity index (χ1n) is 6.36. The number of hydrogen-bond acceptors (Lipinski definition) is 5. The van der Waals surface area contributed by atoms with Crippen LogP contribution in [0.3, 0.4) is 0 Å². The molecule has 1 aromatic carbocycles. The Morgan fingerprint density at radius 1 is 1.29 bits per heavy atom. The zero-order chi connectivity index (χ0) is 15.3. The second-order valence-corrected chi connectivity index (χ2v) is 5.91. The molecule has 7 heteroatoms. The molecule has 0 aliphatic rings. The van der Waals surface area contributed by atoms with Crippen LogP contribution in [0.5, 0.6) is 5.88 Å². The Bertz CT molecular complexity index is 699. The van der Waals surface area contributed by atoms with Crippen molar-refractivity contribution in [1.29, 1.82) is 0 Å². The Morgan fingerprint density at radius 2 is 2.10 bits per heavy atom.